The van der Waals surface area contributed by atoms with Gasteiger partial charge in [-0.3, -0.25) is 4.98 Å². The van der Waals surface area contributed by atoms with Crippen LogP contribution >= 0.6 is 0 Å². The summed E-state index contributed by atoms with van der Waals surface area (Å²) in [4.78, 5) is 23.5. The molecular formula is C28H38N6O3. The van der Waals surface area contributed by atoms with Gasteiger partial charge in [0.25, 0.3) is 0 Å². The molecule has 9 heteroatoms. The fourth-order valence-electron chi connectivity index (χ4n) is 5.60. The first-order chi connectivity index (χ1) is 17.9. The molecule has 3 aromatic rings. The minimum absolute atomic E-state index is 0.234. The van der Waals surface area contributed by atoms with Crippen LogP contribution in [-0.2, 0) is 15.1 Å². The lowest BCUT2D eigenvalue weighted by Gasteiger charge is -2.42. The van der Waals surface area contributed by atoms with Crippen LogP contribution in [0.4, 0.5) is 10.5 Å². The molecule has 0 saturated carbocycles. The summed E-state index contributed by atoms with van der Waals surface area (Å²) >= 11 is 0. The minimum atomic E-state index is -0.275. The SMILES string of the molecule is CCOC(=O)N1CCN(c2ccnn3cc(-c4ccc(C5(OC)CCN(C(C)C)CC5)cn4)cc23)CC1. The van der Waals surface area contributed by atoms with Crippen LogP contribution < -0.4 is 4.90 Å². The molecule has 0 aromatic carbocycles. The van der Waals surface area contributed by atoms with Gasteiger partial charge in [0.1, 0.15) is 0 Å². The van der Waals surface area contributed by atoms with Gasteiger partial charge in [-0.2, -0.15) is 5.10 Å². The van der Waals surface area contributed by atoms with E-state index < -0.39 is 0 Å². The van der Waals surface area contributed by atoms with Gasteiger partial charge in [0.15, 0.2) is 0 Å². The quantitative estimate of drug-likeness (QED) is 0.500. The topological polar surface area (TPSA) is 75.4 Å². The molecule has 2 saturated heterocycles. The molecule has 0 spiro atoms. The second-order valence-corrected chi connectivity index (χ2v) is 10.2. The molecule has 0 atom stereocenters. The number of hydrogen-bond donors (Lipinski definition) is 0. The highest BCUT2D eigenvalue weighted by Gasteiger charge is 2.37. The van der Waals surface area contributed by atoms with Gasteiger partial charge in [-0.05, 0) is 51.8 Å². The summed E-state index contributed by atoms with van der Waals surface area (Å²) in [7, 11) is 1.82. The predicted octanol–water partition coefficient (Wildman–Crippen LogP) is 4.02. The molecular weight excluding hydrogens is 468 g/mol. The minimum Gasteiger partial charge on any atom is -0.450 e. The van der Waals surface area contributed by atoms with E-state index in [0.717, 1.165) is 67.0 Å². The molecule has 0 N–H and O–H groups in total. The average Bonchev–Trinajstić information content (AvgIpc) is 3.38. The van der Waals surface area contributed by atoms with Crippen LogP contribution in [0.1, 0.15) is 39.2 Å². The number of likely N-dealkylation sites (tertiary alicyclic amines) is 1. The van der Waals surface area contributed by atoms with Gasteiger partial charge in [0.05, 0.1) is 29.1 Å². The van der Waals surface area contributed by atoms with Gasteiger partial charge in [-0.25, -0.2) is 9.31 Å². The van der Waals surface area contributed by atoms with E-state index in [0.29, 0.717) is 25.7 Å². The number of piperidine rings is 1. The number of pyridine rings is 1. The number of nitrogens with zero attached hydrogens (tertiary/aromatic N) is 6. The molecule has 2 aliphatic heterocycles. The Kier molecular flexibility index (Phi) is 7.35. The van der Waals surface area contributed by atoms with Gasteiger partial charge in [-0.1, -0.05) is 6.07 Å². The third-order valence-electron chi connectivity index (χ3n) is 7.94. The highest BCUT2D eigenvalue weighted by molar-refractivity contribution is 5.79. The lowest BCUT2D eigenvalue weighted by atomic mass is 9.84. The van der Waals surface area contributed by atoms with E-state index in [1.165, 1.54) is 0 Å². The zero-order chi connectivity index (χ0) is 26.0. The number of amides is 1. The zero-order valence-corrected chi connectivity index (χ0v) is 22.4. The Morgan fingerprint density at radius 2 is 1.84 bits per heavy atom. The number of piperazine rings is 1. The second kappa shape index (κ2) is 10.7. The maximum Gasteiger partial charge on any atom is 0.409 e. The Morgan fingerprint density at radius 3 is 2.46 bits per heavy atom. The van der Waals surface area contributed by atoms with Crippen LogP contribution in [0.5, 0.6) is 0 Å². The van der Waals surface area contributed by atoms with Crippen molar-refractivity contribution in [1.29, 1.82) is 0 Å². The molecule has 3 aromatic heterocycles. The van der Waals surface area contributed by atoms with Crippen LogP contribution in [0, 0.1) is 0 Å². The van der Waals surface area contributed by atoms with Gasteiger partial charge in [-0.15, -0.1) is 0 Å². The highest BCUT2D eigenvalue weighted by atomic mass is 16.6. The smallest absolute Gasteiger partial charge is 0.409 e. The van der Waals surface area contributed by atoms with E-state index in [1.807, 2.05) is 43.2 Å². The Morgan fingerprint density at radius 1 is 1.08 bits per heavy atom. The largest absolute Gasteiger partial charge is 0.450 e. The van der Waals surface area contributed by atoms with Crippen LogP contribution in [0.15, 0.2) is 42.9 Å². The molecule has 1 amide bonds. The Labute approximate surface area is 219 Å². The number of carbonyl (C=O) groups is 1. The Balaban J connectivity index is 1.33. The van der Waals surface area contributed by atoms with Crippen LogP contribution in [0.25, 0.3) is 16.8 Å². The summed E-state index contributed by atoms with van der Waals surface area (Å²) < 4.78 is 13.2. The average molecular weight is 507 g/mol. The number of anilines is 1. The van der Waals surface area contributed by atoms with Crippen molar-refractivity contribution in [3.63, 3.8) is 0 Å². The molecule has 2 aliphatic rings. The third kappa shape index (κ3) is 5.02. The lowest BCUT2D eigenvalue weighted by molar-refractivity contribution is -0.0671. The molecule has 0 radical (unpaired) electrons. The van der Waals surface area contributed by atoms with Crippen molar-refractivity contribution in [3.8, 4) is 11.3 Å². The first-order valence-corrected chi connectivity index (χ1v) is 13.3. The summed E-state index contributed by atoms with van der Waals surface area (Å²) in [6, 6.07) is 9.01. The molecule has 0 aliphatic carbocycles. The summed E-state index contributed by atoms with van der Waals surface area (Å²) in [6.45, 7) is 11.6. The Bertz CT molecular complexity index is 1210. The highest BCUT2D eigenvalue weighted by Crippen LogP contribution is 2.37. The van der Waals surface area contributed by atoms with Gasteiger partial charge in [0.2, 0.25) is 0 Å². The van der Waals surface area contributed by atoms with Crippen molar-refractivity contribution < 1.29 is 14.3 Å². The molecule has 0 bridgehead atoms. The number of carbonyl (C=O) groups excluding carboxylic acids is 1. The standard InChI is InChI=1S/C28H38N6O3/c1-5-37-27(35)33-16-14-32(15-17-33)25-8-11-30-34-20-22(18-26(25)34)24-7-6-23(19-29-24)28(36-4)9-12-31(13-10-28)21(2)3/h6-8,11,18-21H,5,9-10,12-17H2,1-4H3. The third-order valence-corrected chi connectivity index (χ3v) is 7.94. The van der Waals surface area contributed by atoms with Crippen molar-refractivity contribution in [3.05, 3.63) is 48.4 Å². The van der Waals surface area contributed by atoms with E-state index >= 15 is 0 Å². The molecule has 5 rings (SSSR count). The number of rotatable bonds is 6. The number of aromatic nitrogens is 3. The maximum absolute atomic E-state index is 12.1. The number of fused-ring (bicyclic) bond motifs is 1. The van der Waals surface area contributed by atoms with Gasteiger partial charge in [0, 0.05) is 82.1 Å². The van der Waals surface area contributed by atoms with E-state index in [9.17, 15) is 4.79 Å². The number of methoxy groups -OCH3 is 1. The lowest BCUT2D eigenvalue weighted by Crippen LogP contribution is -2.49. The molecule has 37 heavy (non-hydrogen) atoms. The first-order valence-electron chi connectivity index (χ1n) is 13.3. The van der Waals surface area contributed by atoms with Crippen LogP contribution in [0.2, 0.25) is 0 Å². The number of hydrogen-bond acceptors (Lipinski definition) is 7. The first kappa shape index (κ1) is 25.5. The maximum atomic E-state index is 12.1. The summed E-state index contributed by atoms with van der Waals surface area (Å²) in [5.74, 6) is 0. The summed E-state index contributed by atoms with van der Waals surface area (Å²) in [5.41, 5.74) is 4.95. The molecule has 198 valence electrons. The summed E-state index contributed by atoms with van der Waals surface area (Å²) in [6.07, 6.45) is 7.54. The monoisotopic (exact) mass is 506 g/mol. The fraction of sp³-hybridized carbons (Fsp3) is 0.536. The second-order valence-electron chi connectivity index (χ2n) is 10.2. The Hall–Kier alpha value is -3.17. The number of ether oxygens (including phenoxy) is 2. The van der Waals surface area contributed by atoms with Gasteiger partial charge >= 0.3 is 6.09 Å². The molecule has 5 heterocycles. The molecule has 2 fully saturated rings. The molecule has 0 unspecified atom stereocenters. The van der Waals surface area contributed by atoms with Crippen molar-refractivity contribution >= 4 is 17.3 Å². The van der Waals surface area contributed by atoms with E-state index in [-0.39, 0.29) is 11.7 Å². The fourth-order valence-corrected chi connectivity index (χ4v) is 5.60. The normalized spacial score (nSPS) is 18.5. The van der Waals surface area contributed by atoms with Crippen molar-refractivity contribution in [2.75, 3.05) is 57.9 Å². The van der Waals surface area contributed by atoms with E-state index in [1.54, 1.807) is 4.90 Å². The van der Waals surface area contributed by atoms with Crippen LogP contribution in [-0.4, -0.2) is 89.5 Å². The molecule has 9 nitrogen and oxygen atoms in total. The van der Waals surface area contributed by atoms with Gasteiger partial charge < -0.3 is 24.2 Å². The van der Waals surface area contributed by atoms with Crippen molar-refractivity contribution in [1.82, 2.24) is 24.4 Å². The zero-order valence-electron chi connectivity index (χ0n) is 22.4. The predicted molar refractivity (Wildman–Crippen MR) is 144 cm³/mol. The van der Waals surface area contributed by atoms with E-state index in [4.69, 9.17) is 14.5 Å². The van der Waals surface area contributed by atoms with Crippen molar-refractivity contribution in [2.45, 2.75) is 45.3 Å². The van der Waals surface area contributed by atoms with Crippen LogP contribution in [0.3, 0.4) is 0 Å². The van der Waals surface area contributed by atoms with Crippen molar-refractivity contribution in [2.24, 2.45) is 0 Å². The summed E-state index contributed by atoms with van der Waals surface area (Å²) in [5, 5.41) is 4.54. The van der Waals surface area contributed by atoms with E-state index in [2.05, 4.69) is 46.9 Å².